The van der Waals surface area contributed by atoms with Gasteiger partial charge in [0.05, 0.1) is 11.3 Å². The minimum atomic E-state index is -3.20. The number of carbonyl (C=O) groups excluding carboxylic acids is 1. The monoisotopic (exact) mass is 273 g/mol. The summed E-state index contributed by atoms with van der Waals surface area (Å²) < 4.78 is 22.1. The third-order valence-corrected chi connectivity index (χ3v) is 3.30. The molecule has 0 aliphatic heterocycles. The highest BCUT2D eigenvalue weighted by Gasteiger charge is 2.18. The van der Waals surface area contributed by atoms with Crippen LogP contribution in [0.25, 0.3) is 0 Å². The average molecular weight is 273 g/mol. The van der Waals surface area contributed by atoms with Gasteiger partial charge in [0.25, 0.3) is 5.91 Å². The number of sulfone groups is 1. The highest BCUT2D eigenvalue weighted by Crippen LogP contribution is 2.27. The number of rotatable bonds is 4. The number of hydrogen-bond donors (Lipinski definition) is 3. The van der Waals surface area contributed by atoms with Gasteiger partial charge in [-0.25, -0.2) is 8.42 Å². The molecule has 100 valence electrons. The Morgan fingerprint density at radius 1 is 1.39 bits per heavy atom. The Labute approximate surface area is 105 Å². The second kappa shape index (κ2) is 5.26. The highest BCUT2D eigenvalue weighted by molar-refractivity contribution is 7.90. The molecule has 18 heavy (non-hydrogen) atoms. The molecule has 6 nitrogen and oxygen atoms in total. The molecule has 7 heteroatoms. The molecule has 0 spiro atoms. The van der Waals surface area contributed by atoms with Crippen molar-refractivity contribution < 1.29 is 23.4 Å². The molecule has 0 saturated carbocycles. The molecule has 0 aromatic heterocycles. The van der Waals surface area contributed by atoms with Crippen LogP contribution < -0.4 is 5.32 Å². The normalized spacial score (nSPS) is 13.0. The van der Waals surface area contributed by atoms with Gasteiger partial charge in [0, 0.05) is 12.3 Å². The van der Waals surface area contributed by atoms with Crippen molar-refractivity contribution in [3.05, 3.63) is 23.8 Å². The first kappa shape index (κ1) is 14.3. The summed E-state index contributed by atoms with van der Waals surface area (Å²) in [6.45, 7) is 1.54. The van der Waals surface area contributed by atoms with E-state index in [4.69, 9.17) is 0 Å². The van der Waals surface area contributed by atoms with Gasteiger partial charge in [0.15, 0.2) is 11.5 Å². The molecule has 0 saturated heterocycles. The number of hydrogen-bond acceptors (Lipinski definition) is 5. The summed E-state index contributed by atoms with van der Waals surface area (Å²) in [6, 6.07) is 3.39. The lowest BCUT2D eigenvalue weighted by atomic mass is 10.1. The van der Waals surface area contributed by atoms with Gasteiger partial charge in [-0.05, 0) is 19.1 Å². The summed E-state index contributed by atoms with van der Waals surface area (Å²) in [7, 11) is -3.20. The molecule has 1 atom stereocenters. The third kappa shape index (κ3) is 3.92. The molecule has 1 amide bonds. The zero-order chi connectivity index (χ0) is 13.9. The van der Waals surface area contributed by atoms with Crippen molar-refractivity contribution in [1.29, 1.82) is 0 Å². The SMILES string of the molecule is CC(CS(C)(=O)=O)NC(=O)c1cccc(O)c1O. The Kier molecular flexibility index (Phi) is 4.18. The van der Waals surface area contributed by atoms with Gasteiger partial charge in [0.1, 0.15) is 9.84 Å². The first-order valence-corrected chi connectivity index (χ1v) is 7.26. The second-order valence-electron chi connectivity index (χ2n) is 4.14. The summed E-state index contributed by atoms with van der Waals surface area (Å²) in [5.41, 5.74) is -0.102. The molecule has 0 heterocycles. The molecular formula is C11H15NO5S. The lowest BCUT2D eigenvalue weighted by Gasteiger charge is -2.13. The molecule has 3 N–H and O–H groups in total. The number of phenols is 2. The minimum Gasteiger partial charge on any atom is -0.504 e. The largest absolute Gasteiger partial charge is 0.504 e. The zero-order valence-electron chi connectivity index (χ0n) is 10.0. The molecule has 1 unspecified atom stereocenters. The van der Waals surface area contributed by atoms with Gasteiger partial charge < -0.3 is 15.5 Å². The van der Waals surface area contributed by atoms with Crippen LogP contribution in [-0.4, -0.2) is 42.6 Å². The average Bonchev–Trinajstić information content (AvgIpc) is 2.18. The van der Waals surface area contributed by atoms with E-state index in [0.717, 1.165) is 6.26 Å². The molecule has 1 aromatic carbocycles. The Balaban J connectivity index is 2.80. The lowest BCUT2D eigenvalue weighted by Crippen LogP contribution is -2.37. The predicted molar refractivity (Wildman–Crippen MR) is 66.4 cm³/mol. The molecule has 0 aliphatic rings. The maximum atomic E-state index is 11.7. The molecule has 0 fully saturated rings. The van der Waals surface area contributed by atoms with E-state index >= 15 is 0 Å². The van der Waals surface area contributed by atoms with Gasteiger partial charge in [0.2, 0.25) is 0 Å². The van der Waals surface area contributed by atoms with E-state index in [1.165, 1.54) is 18.2 Å². The van der Waals surface area contributed by atoms with Crippen molar-refractivity contribution in [3.63, 3.8) is 0 Å². The summed E-state index contributed by atoms with van der Waals surface area (Å²) in [6.07, 6.45) is 1.07. The van der Waals surface area contributed by atoms with Crippen molar-refractivity contribution >= 4 is 15.7 Å². The van der Waals surface area contributed by atoms with Crippen LogP contribution in [0, 0.1) is 0 Å². The standard InChI is InChI=1S/C11H15NO5S/c1-7(6-18(2,16)17)12-11(15)8-4-3-5-9(13)10(8)14/h3-5,7,13-14H,6H2,1-2H3,(H,12,15). The van der Waals surface area contributed by atoms with E-state index in [-0.39, 0.29) is 11.3 Å². The number of aromatic hydroxyl groups is 2. The Morgan fingerprint density at radius 3 is 2.56 bits per heavy atom. The number of amides is 1. The summed E-state index contributed by atoms with van der Waals surface area (Å²) >= 11 is 0. The zero-order valence-corrected chi connectivity index (χ0v) is 10.9. The van der Waals surface area contributed by atoms with Crippen LogP contribution in [0.4, 0.5) is 0 Å². The number of benzene rings is 1. The van der Waals surface area contributed by atoms with Crippen molar-refractivity contribution in [2.24, 2.45) is 0 Å². The van der Waals surface area contributed by atoms with Crippen molar-refractivity contribution in [2.45, 2.75) is 13.0 Å². The van der Waals surface area contributed by atoms with Crippen LogP contribution in [0.2, 0.25) is 0 Å². The molecule has 1 rings (SSSR count). The van der Waals surface area contributed by atoms with E-state index in [1.807, 2.05) is 0 Å². The van der Waals surface area contributed by atoms with Crippen LogP contribution >= 0.6 is 0 Å². The quantitative estimate of drug-likeness (QED) is 0.683. The summed E-state index contributed by atoms with van der Waals surface area (Å²) in [5, 5.41) is 21.2. The number of nitrogens with one attached hydrogen (secondary N) is 1. The smallest absolute Gasteiger partial charge is 0.255 e. The Bertz CT molecular complexity index is 553. The first-order chi connectivity index (χ1) is 8.20. The lowest BCUT2D eigenvalue weighted by molar-refractivity contribution is 0.0940. The van der Waals surface area contributed by atoms with E-state index in [9.17, 15) is 23.4 Å². The topological polar surface area (TPSA) is 104 Å². The maximum Gasteiger partial charge on any atom is 0.255 e. The van der Waals surface area contributed by atoms with Crippen LogP contribution in [0.1, 0.15) is 17.3 Å². The van der Waals surface area contributed by atoms with Crippen LogP contribution in [0.3, 0.4) is 0 Å². The van der Waals surface area contributed by atoms with Gasteiger partial charge in [-0.2, -0.15) is 0 Å². The van der Waals surface area contributed by atoms with E-state index in [0.29, 0.717) is 0 Å². The van der Waals surface area contributed by atoms with E-state index < -0.39 is 33.3 Å². The van der Waals surface area contributed by atoms with Crippen molar-refractivity contribution in [1.82, 2.24) is 5.32 Å². The third-order valence-electron chi connectivity index (χ3n) is 2.19. The maximum absolute atomic E-state index is 11.7. The van der Waals surface area contributed by atoms with E-state index in [1.54, 1.807) is 6.92 Å². The number of carbonyl (C=O) groups is 1. The number of para-hydroxylation sites is 1. The van der Waals surface area contributed by atoms with Crippen LogP contribution in [0.15, 0.2) is 18.2 Å². The Hall–Kier alpha value is -1.76. The van der Waals surface area contributed by atoms with Crippen molar-refractivity contribution in [2.75, 3.05) is 12.0 Å². The highest BCUT2D eigenvalue weighted by atomic mass is 32.2. The van der Waals surface area contributed by atoms with Gasteiger partial charge >= 0.3 is 0 Å². The molecule has 0 bridgehead atoms. The number of phenolic OH excluding ortho intramolecular Hbond substituents is 2. The van der Waals surface area contributed by atoms with Crippen molar-refractivity contribution in [3.8, 4) is 11.5 Å². The van der Waals surface area contributed by atoms with Gasteiger partial charge in [-0.15, -0.1) is 0 Å². The fourth-order valence-electron chi connectivity index (χ4n) is 1.51. The summed E-state index contributed by atoms with van der Waals surface area (Å²) in [5.74, 6) is -1.77. The fourth-order valence-corrected chi connectivity index (χ4v) is 2.50. The Morgan fingerprint density at radius 2 is 2.00 bits per heavy atom. The fraction of sp³-hybridized carbons (Fsp3) is 0.364. The molecular weight excluding hydrogens is 258 g/mol. The molecule has 0 radical (unpaired) electrons. The predicted octanol–water partition coefficient (Wildman–Crippen LogP) is 0.261. The van der Waals surface area contributed by atoms with Crippen LogP contribution in [0.5, 0.6) is 11.5 Å². The van der Waals surface area contributed by atoms with Gasteiger partial charge in [-0.1, -0.05) is 6.07 Å². The van der Waals surface area contributed by atoms with Gasteiger partial charge in [-0.3, -0.25) is 4.79 Å². The minimum absolute atomic E-state index is 0.102. The summed E-state index contributed by atoms with van der Waals surface area (Å²) in [4.78, 5) is 11.7. The second-order valence-corrected chi connectivity index (χ2v) is 6.33. The van der Waals surface area contributed by atoms with E-state index in [2.05, 4.69) is 5.32 Å². The first-order valence-electron chi connectivity index (χ1n) is 5.20. The van der Waals surface area contributed by atoms with Crippen LogP contribution in [-0.2, 0) is 9.84 Å². The molecule has 0 aliphatic carbocycles. The molecule has 1 aromatic rings.